The molecule has 1 heterocycles. The summed E-state index contributed by atoms with van der Waals surface area (Å²) in [6.07, 6.45) is -4.34. The van der Waals surface area contributed by atoms with Crippen molar-refractivity contribution in [3.05, 3.63) is 35.9 Å². The Kier molecular flexibility index (Phi) is 2.03. The lowest BCUT2D eigenvalue weighted by Crippen LogP contribution is -2.52. The Morgan fingerprint density at radius 2 is 1.86 bits per heavy atom. The van der Waals surface area contributed by atoms with E-state index in [1.54, 1.807) is 0 Å². The quantitative estimate of drug-likeness (QED) is 0.678. The van der Waals surface area contributed by atoms with Gasteiger partial charge in [-0.1, -0.05) is 24.3 Å². The summed E-state index contributed by atoms with van der Waals surface area (Å²) in [5.74, 6) is 0. The van der Waals surface area contributed by atoms with Gasteiger partial charge in [0.15, 0.2) is 5.60 Å². The van der Waals surface area contributed by atoms with Gasteiger partial charge in [-0.2, -0.15) is 13.2 Å². The summed E-state index contributed by atoms with van der Waals surface area (Å²) < 4.78 is 42.8. The molecular formula is C10H8F3O. The predicted octanol–water partition coefficient (Wildman–Crippen LogP) is 2.66. The second-order valence-electron chi connectivity index (χ2n) is 3.21. The van der Waals surface area contributed by atoms with Crippen molar-refractivity contribution in [1.82, 2.24) is 0 Å². The summed E-state index contributed by atoms with van der Waals surface area (Å²) in [6.45, 7) is 0.165. The minimum atomic E-state index is -4.34. The second kappa shape index (κ2) is 2.98. The van der Waals surface area contributed by atoms with E-state index in [1.807, 2.05) is 0 Å². The molecule has 0 bridgehead atoms. The molecule has 1 atom stereocenters. The van der Waals surface area contributed by atoms with E-state index in [9.17, 15) is 13.2 Å². The van der Waals surface area contributed by atoms with E-state index < -0.39 is 11.8 Å². The first kappa shape index (κ1) is 9.52. The molecule has 2 rings (SSSR count). The van der Waals surface area contributed by atoms with Crippen LogP contribution in [0.3, 0.4) is 0 Å². The van der Waals surface area contributed by atoms with Crippen LogP contribution in [0.2, 0.25) is 0 Å². The molecule has 1 fully saturated rings. The van der Waals surface area contributed by atoms with Gasteiger partial charge in [0.2, 0.25) is 0 Å². The van der Waals surface area contributed by atoms with Crippen molar-refractivity contribution in [3.8, 4) is 0 Å². The zero-order valence-electron chi connectivity index (χ0n) is 7.27. The largest absolute Gasteiger partial charge is 0.421 e. The molecule has 1 saturated heterocycles. The Labute approximate surface area is 79.5 Å². The van der Waals surface area contributed by atoms with Gasteiger partial charge < -0.3 is 4.74 Å². The van der Waals surface area contributed by atoms with Crippen LogP contribution in [0.5, 0.6) is 0 Å². The van der Waals surface area contributed by atoms with Gasteiger partial charge in [-0.05, 0) is 11.6 Å². The van der Waals surface area contributed by atoms with E-state index in [4.69, 9.17) is 4.74 Å². The van der Waals surface area contributed by atoms with Gasteiger partial charge in [0.1, 0.15) is 0 Å². The van der Waals surface area contributed by atoms with E-state index in [0.717, 1.165) is 0 Å². The number of rotatable bonds is 1. The fourth-order valence-corrected chi connectivity index (χ4v) is 1.58. The molecule has 1 radical (unpaired) electrons. The first-order valence-electron chi connectivity index (χ1n) is 4.23. The molecule has 1 nitrogen and oxygen atoms in total. The number of benzene rings is 1. The molecule has 14 heavy (non-hydrogen) atoms. The van der Waals surface area contributed by atoms with Crippen LogP contribution in [0.4, 0.5) is 13.2 Å². The van der Waals surface area contributed by atoms with Crippen LogP contribution in [0.1, 0.15) is 12.0 Å². The predicted molar refractivity (Wildman–Crippen MR) is 43.6 cm³/mol. The normalized spacial score (nSPS) is 27.1. The highest BCUT2D eigenvalue weighted by Gasteiger charge is 2.61. The fraction of sp³-hybridized carbons (Fsp3) is 0.400. The molecule has 1 aromatic carbocycles. The third-order valence-electron chi connectivity index (χ3n) is 2.45. The zero-order chi connectivity index (χ0) is 10.2. The molecule has 0 N–H and O–H groups in total. The maximum absolute atomic E-state index is 12.7. The van der Waals surface area contributed by atoms with Crippen molar-refractivity contribution in [2.75, 3.05) is 6.61 Å². The van der Waals surface area contributed by atoms with Gasteiger partial charge in [0.05, 0.1) is 6.61 Å². The highest BCUT2D eigenvalue weighted by atomic mass is 19.4. The summed E-state index contributed by atoms with van der Waals surface area (Å²) in [5.41, 5.74) is -1.91. The molecule has 1 aliphatic rings. The Bertz CT molecular complexity index is 314. The Balaban J connectivity index is 2.39. The molecule has 75 valence electrons. The fourth-order valence-electron chi connectivity index (χ4n) is 1.58. The monoisotopic (exact) mass is 201 g/mol. The first-order chi connectivity index (χ1) is 6.56. The number of hydrogen-bond donors (Lipinski definition) is 0. The molecular weight excluding hydrogens is 193 g/mol. The SMILES string of the molecule is FC(F)(F)C1(c2cc[c]cc2)CCO1. The highest BCUT2D eigenvalue weighted by Crippen LogP contribution is 2.49. The molecule has 1 aromatic rings. The highest BCUT2D eigenvalue weighted by molar-refractivity contribution is 5.26. The van der Waals surface area contributed by atoms with Crippen LogP contribution in [0, 0.1) is 6.07 Å². The topological polar surface area (TPSA) is 9.23 Å². The van der Waals surface area contributed by atoms with Crippen LogP contribution in [0.25, 0.3) is 0 Å². The lowest BCUT2D eigenvalue weighted by Gasteiger charge is -2.43. The molecule has 1 unspecified atom stereocenters. The third-order valence-corrected chi connectivity index (χ3v) is 2.45. The maximum Gasteiger partial charge on any atom is 0.421 e. The molecule has 0 aromatic heterocycles. The number of alkyl halides is 3. The Hall–Kier alpha value is -1.03. The average molecular weight is 201 g/mol. The Morgan fingerprint density at radius 1 is 1.29 bits per heavy atom. The first-order valence-corrected chi connectivity index (χ1v) is 4.23. The number of ether oxygens (including phenoxy) is 1. The number of halogens is 3. The van der Waals surface area contributed by atoms with Crippen LogP contribution in [0.15, 0.2) is 24.3 Å². The summed E-state index contributed by atoms with van der Waals surface area (Å²) >= 11 is 0. The van der Waals surface area contributed by atoms with E-state index >= 15 is 0 Å². The summed E-state index contributed by atoms with van der Waals surface area (Å²) in [4.78, 5) is 0. The minimum Gasteiger partial charge on any atom is -0.361 e. The van der Waals surface area contributed by atoms with Crippen molar-refractivity contribution in [1.29, 1.82) is 0 Å². The lowest BCUT2D eigenvalue weighted by atomic mass is 9.86. The van der Waals surface area contributed by atoms with E-state index in [0.29, 0.717) is 0 Å². The van der Waals surface area contributed by atoms with Crippen LogP contribution in [-0.4, -0.2) is 12.8 Å². The van der Waals surface area contributed by atoms with Crippen LogP contribution in [-0.2, 0) is 10.3 Å². The van der Waals surface area contributed by atoms with Crippen molar-refractivity contribution < 1.29 is 17.9 Å². The van der Waals surface area contributed by atoms with E-state index in [2.05, 4.69) is 6.07 Å². The summed E-state index contributed by atoms with van der Waals surface area (Å²) in [7, 11) is 0. The van der Waals surface area contributed by atoms with Crippen molar-refractivity contribution in [3.63, 3.8) is 0 Å². The molecule has 0 spiro atoms. The molecule has 4 heteroatoms. The molecule has 0 aliphatic carbocycles. The van der Waals surface area contributed by atoms with Crippen molar-refractivity contribution in [2.24, 2.45) is 0 Å². The van der Waals surface area contributed by atoms with Gasteiger partial charge >= 0.3 is 6.18 Å². The van der Waals surface area contributed by atoms with Gasteiger partial charge in [-0.25, -0.2) is 0 Å². The number of hydrogen-bond acceptors (Lipinski definition) is 1. The van der Waals surface area contributed by atoms with Gasteiger partial charge in [-0.15, -0.1) is 0 Å². The van der Waals surface area contributed by atoms with Crippen LogP contribution >= 0.6 is 0 Å². The average Bonchev–Trinajstić information content (AvgIpc) is 2.01. The Morgan fingerprint density at radius 3 is 2.21 bits per heavy atom. The van der Waals surface area contributed by atoms with Gasteiger partial charge in [0, 0.05) is 6.42 Å². The van der Waals surface area contributed by atoms with Gasteiger partial charge in [-0.3, -0.25) is 0 Å². The summed E-state index contributed by atoms with van der Waals surface area (Å²) in [6, 6.07) is 8.40. The van der Waals surface area contributed by atoms with Gasteiger partial charge in [0.25, 0.3) is 0 Å². The van der Waals surface area contributed by atoms with Crippen molar-refractivity contribution in [2.45, 2.75) is 18.2 Å². The van der Waals surface area contributed by atoms with Crippen molar-refractivity contribution >= 4 is 0 Å². The summed E-state index contributed by atoms with van der Waals surface area (Å²) in [5, 5.41) is 0. The third kappa shape index (κ3) is 1.21. The maximum atomic E-state index is 12.7. The molecule has 0 saturated carbocycles. The van der Waals surface area contributed by atoms with E-state index in [-0.39, 0.29) is 18.6 Å². The zero-order valence-corrected chi connectivity index (χ0v) is 7.27. The second-order valence-corrected chi connectivity index (χ2v) is 3.21. The van der Waals surface area contributed by atoms with Crippen LogP contribution < -0.4 is 0 Å². The molecule has 0 amide bonds. The lowest BCUT2D eigenvalue weighted by molar-refractivity contribution is -0.333. The van der Waals surface area contributed by atoms with E-state index in [1.165, 1.54) is 24.3 Å². The standard InChI is InChI=1S/C10H8F3O/c11-10(12,13)9(6-7-14-9)8-4-2-1-3-5-8/h2-5H,6-7H2. The smallest absolute Gasteiger partial charge is 0.361 e. The minimum absolute atomic E-state index is 0.000509. The molecule has 1 aliphatic heterocycles.